The smallest absolute Gasteiger partial charge is 0.254 e. The third-order valence-electron chi connectivity index (χ3n) is 6.70. The van der Waals surface area contributed by atoms with Crippen LogP contribution in [0.3, 0.4) is 0 Å². The predicted octanol–water partition coefficient (Wildman–Crippen LogP) is 3.64. The number of aliphatic hydroxyl groups is 1. The van der Waals surface area contributed by atoms with Gasteiger partial charge in [0.25, 0.3) is 5.91 Å². The highest BCUT2D eigenvalue weighted by Gasteiger charge is 2.28. The number of nitrogens with zero attached hydrogens (tertiary/aromatic N) is 1. The van der Waals surface area contributed by atoms with Gasteiger partial charge < -0.3 is 25.2 Å². The maximum absolute atomic E-state index is 13.3. The second-order valence-corrected chi connectivity index (χ2v) is 9.58. The molecule has 7 heteroatoms. The fraction of sp³-hybridized carbons (Fsp3) is 0.310. The van der Waals surface area contributed by atoms with E-state index in [0.29, 0.717) is 37.2 Å². The summed E-state index contributed by atoms with van der Waals surface area (Å²) in [5.74, 6) is 0.177. The molecule has 7 nitrogen and oxygen atoms in total. The van der Waals surface area contributed by atoms with Gasteiger partial charge in [0.1, 0.15) is 5.75 Å². The molecule has 3 aromatic carbocycles. The monoisotopic (exact) mass is 486 g/mol. The van der Waals surface area contributed by atoms with Crippen LogP contribution in [-0.2, 0) is 11.2 Å². The first kappa shape index (κ1) is 24.0. The van der Waals surface area contributed by atoms with Crippen LogP contribution in [-0.4, -0.2) is 60.3 Å². The van der Waals surface area contributed by atoms with Crippen molar-refractivity contribution in [2.24, 2.45) is 5.73 Å². The Balaban J connectivity index is 1.54. The molecule has 2 amide bonds. The van der Waals surface area contributed by atoms with Gasteiger partial charge >= 0.3 is 0 Å². The number of amides is 2. The van der Waals surface area contributed by atoms with Gasteiger partial charge in [0.05, 0.1) is 25.4 Å². The van der Waals surface area contributed by atoms with Gasteiger partial charge in [-0.3, -0.25) is 9.59 Å². The molecule has 0 spiro atoms. The van der Waals surface area contributed by atoms with E-state index in [2.05, 4.69) is 6.07 Å². The van der Waals surface area contributed by atoms with E-state index < -0.39 is 5.91 Å². The highest BCUT2D eigenvalue weighted by molar-refractivity contribution is 6.01. The van der Waals surface area contributed by atoms with Crippen molar-refractivity contribution in [3.05, 3.63) is 76.9 Å². The van der Waals surface area contributed by atoms with Crippen LogP contribution in [0.15, 0.2) is 54.6 Å². The summed E-state index contributed by atoms with van der Waals surface area (Å²) in [6.07, 6.45) is 0.260. The standard InChI is InChI=1S/C29H30N2O5/c1-17(2)36-22-5-3-4-18(10-22)21-13-25-24-12-20(29(34)31-8-9-35-23(15-31)16-32)7-6-19(24)11-26(25)27(14-21)28(30)33/h3-7,10,12-14,17,23,32H,8-9,11,15-16H2,1-2H3,(H2,30,33). The van der Waals surface area contributed by atoms with Crippen molar-refractivity contribution in [1.29, 1.82) is 0 Å². The molecule has 3 aromatic rings. The van der Waals surface area contributed by atoms with Crippen LogP contribution in [0.2, 0.25) is 0 Å². The molecular weight excluding hydrogens is 456 g/mol. The van der Waals surface area contributed by atoms with E-state index in [1.807, 2.05) is 62.4 Å². The van der Waals surface area contributed by atoms with Crippen LogP contribution in [0.4, 0.5) is 0 Å². The number of carbonyl (C=O) groups is 2. The Bertz CT molecular complexity index is 1330. The number of nitrogens with two attached hydrogens (primary N) is 1. The maximum atomic E-state index is 13.3. The number of benzene rings is 3. The molecule has 1 fully saturated rings. The van der Waals surface area contributed by atoms with Crippen molar-refractivity contribution in [2.75, 3.05) is 26.3 Å². The van der Waals surface area contributed by atoms with Gasteiger partial charge in [0, 0.05) is 24.2 Å². The highest BCUT2D eigenvalue weighted by Crippen LogP contribution is 2.42. The molecule has 1 atom stereocenters. The molecule has 0 bridgehead atoms. The van der Waals surface area contributed by atoms with Gasteiger partial charge in [-0.05, 0) is 90.0 Å². The molecule has 2 aliphatic rings. The number of morpholine rings is 1. The molecule has 186 valence electrons. The molecule has 1 saturated heterocycles. The van der Waals surface area contributed by atoms with Crippen molar-refractivity contribution in [3.63, 3.8) is 0 Å². The molecule has 36 heavy (non-hydrogen) atoms. The topological polar surface area (TPSA) is 102 Å². The van der Waals surface area contributed by atoms with Crippen molar-refractivity contribution in [1.82, 2.24) is 4.90 Å². The average Bonchev–Trinajstić information content (AvgIpc) is 3.25. The summed E-state index contributed by atoms with van der Waals surface area (Å²) in [6.45, 7) is 5.06. The molecule has 1 aliphatic heterocycles. The molecule has 0 aromatic heterocycles. The minimum absolute atomic E-state index is 0.0448. The Kier molecular flexibility index (Phi) is 6.51. The van der Waals surface area contributed by atoms with Gasteiger partial charge in [-0.25, -0.2) is 0 Å². The number of hydrogen-bond acceptors (Lipinski definition) is 5. The van der Waals surface area contributed by atoms with Crippen LogP contribution in [0.1, 0.15) is 45.7 Å². The SMILES string of the molecule is CC(C)Oc1cccc(-c2cc(C(N)=O)c3c(c2)-c2cc(C(=O)N4CCOC(CO)C4)ccc2C3)c1. The number of aliphatic hydroxyl groups excluding tert-OH is 1. The quantitative estimate of drug-likeness (QED) is 0.433. The van der Waals surface area contributed by atoms with Crippen molar-refractivity contribution in [2.45, 2.75) is 32.5 Å². The van der Waals surface area contributed by atoms with E-state index in [0.717, 1.165) is 39.1 Å². The summed E-state index contributed by atoms with van der Waals surface area (Å²) in [5, 5.41) is 9.44. The lowest BCUT2D eigenvalue weighted by Crippen LogP contribution is -2.46. The van der Waals surface area contributed by atoms with E-state index in [9.17, 15) is 14.7 Å². The Hall–Kier alpha value is -3.68. The summed E-state index contributed by atoms with van der Waals surface area (Å²) >= 11 is 0. The zero-order valence-electron chi connectivity index (χ0n) is 20.5. The number of hydrogen-bond donors (Lipinski definition) is 2. The Morgan fingerprint density at radius 1 is 1.11 bits per heavy atom. The van der Waals surface area contributed by atoms with E-state index in [1.54, 1.807) is 4.90 Å². The third kappa shape index (κ3) is 4.59. The molecule has 1 heterocycles. The predicted molar refractivity (Wildman–Crippen MR) is 137 cm³/mol. The zero-order chi connectivity index (χ0) is 25.4. The summed E-state index contributed by atoms with van der Waals surface area (Å²) in [5.41, 5.74) is 12.4. The first-order chi connectivity index (χ1) is 17.3. The van der Waals surface area contributed by atoms with Crippen LogP contribution in [0.5, 0.6) is 5.75 Å². The summed E-state index contributed by atoms with van der Waals surface area (Å²) in [6, 6.07) is 17.4. The lowest BCUT2D eigenvalue weighted by molar-refractivity contribution is -0.0447. The number of carbonyl (C=O) groups excluding carboxylic acids is 2. The second-order valence-electron chi connectivity index (χ2n) is 9.58. The molecule has 1 unspecified atom stereocenters. The second kappa shape index (κ2) is 9.76. The van der Waals surface area contributed by atoms with E-state index in [-0.39, 0.29) is 24.7 Å². The van der Waals surface area contributed by atoms with Gasteiger partial charge in [-0.2, -0.15) is 0 Å². The fourth-order valence-corrected chi connectivity index (χ4v) is 5.01. The lowest BCUT2D eigenvalue weighted by atomic mass is 9.93. The van der Waals surface area contributed by atoms with E-state index >= 15 is 0 Å². The Morgan fingerprint density at radius 3 is 2.69 bits per heavy atom. The number of rotatable bonds is 6. The molecular formula is C29H30N2O5. The average molecular weight is 487 g/mol. The summed E-state index contributed by atoms with van der Waals surface area (Å²) < 4.78 is 11.3. The third-order valence-corrected chi connectivity index (χ3v) is 6.70. The van der Waals surface area contributed by atoms with Crippen LogP contribution >= 0.6 is 0 Å². The van der Waals surface area contributed by atoms with Crippen molar-refractivity contribution in [3.8, 4) is 28.0 Å². The van der Waals surface area contributed by atoms with Gasteiger partial charge in [0.15, 0.2) is 0 Å². The number of ether oxygens (including phenoxy) is 2. The minimum atomic E-state index is -0.477. The van der Waals surface area contributed by atoms with Crippen molar-refractivity contribution >= 4 is 11.8 Å². The number of fused-ring (bicyclic) bond motifs is 3. The van der Waals surface area contributed by atoms with Gasteiger partial charge in [0.2, 0.25) is 5.91 Å². The summed E-state index contributed by atoms with van der Waals surface area (Å²) in [7, 11) is 0. The zero-order valence-corrected chi connectivity index (χ0v) is 20.5. The van der Waals surface area contributed by atoms with Crippen LogP contribution in [0, 0.1) is 0 Å². The van der Waals surface area contributed by atoms with E-state index in [4.69, 9.17) is 15.2 Å². The van der Waals surface area contributed by atoms with Gasteiger partial charge in [-0.1, -0.05) is 18.2 Å². The maximum Gasteiger partial charge on any atom is 0.254 e. The first-order valence-electron chi connectivity index (χ1n) is 12.2. The molecule has 0 saturated carbocycles. The Morgan fingerprint density at radius 2 is 1.94 bits per heavy atom. The number of primary amides is 1. The van der Waals surface area contributed by atoms with Crippen molar-refractivity contribution < 1.29 is 24.2 Å². The van der Waals surface area contributed by atoms with E-state index in [1.165, 1.54) is 0 Å². The lowest BCUT2D eigenvalue weighted by Gasteiger charge is -2.32. The molecule has 1 aliphatic carbocycles. The Labute approximate surface area is 210 Å². The van der Waals surface area contributed by atoms with Gasteiger partial charge in [-0.15, -0.1) is 0 Å². The first-order valence-corrected chi connectivity index (χ1v) is 12.2. The fourth-order valence-electron chi connectivity index (χ4n) is 5.01. The molecule has 3 N–H and O–H groups in total. The van der Waals surface area contributed by atoms with Crippen LogP contribution in [0.25, 0.3) is 22.3 Å². The van der Waals surface area contributed by atoms with Crippen LogP contribution < -0.4 is 10.5 Å². The molecule has 0 radical (unpaired) electrons. The minimum Gasteiger partial charge on any atom is -0.491 e. The highest BCUT2D eigenvalue weighted by atomic mass is 16.5. The summed E-state index contributed by atoms with van der Waals surface area (Å²) in [4.78, 5) is 27.4. The molecule has 5 rings (SSSR count). The normalized spacial score (nSPS) is 16.6. The largest absolute Gasteiger partial charge is 0.491 e.